The Morgan fingerprint density at radius 2 is 1.62 bits per heavy atom. The molecule has 1 saturated carbocycles. The molecule has 4 rings (SSSR count). The first-order valence-electron chi connectivity index (χ1n) is 10.5. The molecule has 3 unspecified atom stereocenters. The number of hydrogen-bond acceptors (Lipinski definition) is 3. The Balaban J connectivity index is 1.57. The van der Waals surface area contributed by atoms with E-state index in [4.69, 9.17) is 0 Å². The highest BCUT2D eigenvalue weighted by Crippen LogP contribution is 2.39. The zero-order chi connectivity index (χ0) is 20.2. The molecule has 0 spiro atoms. The fourth-order valence-corrected chi connectivity index (χ4v) is 4.96. The highest BCUT2D eigenvalue weighted by Gasteiger charge is 2.46. The van der Waals surface area contributed by atoms with Gasteiger partial charge in [-0.05, 0) is 42.9 Å². The van der Waals surface area contributed by atoms with Gasteiger partial charge in [0.2, 0.25) is 5.91 Å². The number of rotatable bonds is 6. The minimum absolute atomic E-state index is 0.0440. The average Bonchev–Trinajstić information content (AvgIpc) is 3.12. The van der Waals surface area contributed by atoms with Crippen LogP contribution in [-0.2, 0) is 16.1 Å². The molecule has 1 aliphatic heterocycles. The van der Waals surface area contributed by atoms with Crippen LogP contribution < -0.4 is 4.90 Å². The quantitative estimate of drug-likeness (QED) is 0.809. The van der Waals surface area contributed by atoms with E-state index in [-0.39, 0.29) is 18.5 Å². The summed E-state index contributed by atoms with van der Waals surface area (Å²) < 4.78 is 0. The molecule has 5 nitrogen and oxygen atoms in total. The molecule has 2 aromatic carbocycles. The summed E-state index contributed by atoms with van der Waals surface area (Å²) in [6, 6.07) is 19.2. The van der Waals surface area contributed by atoms with Gasteiger partial charge in [0.1, 0.15) is 6.04 Å². The highest BCUT2D eigenvalue weighted by molar-refractivity contribution is 5.95. The van der Waals surface area contributed by atoms with Gasteiger partial charge in [-0.25, -0.2) is 0 Å². The van der Waals surface area contributed by atoms with E-state index in [0.29, 0.717) is 18.9 Å². The minimum atomic E-state index is -0.804. The first-order valence-corrected chi connectivity index (χ1v) is 10.5. The first-order chi connectivity index (χ1) is 14.1. The number of para-hydroxylation sites is 1. The fourth-order valence-electron chi connectivity index (χ4n) is 4.96. The second kappa shape index (κ2) is 8.78. The third-order valence-electron chi connectivity index (χ3n) is 6.38. The van der Waals surface area contributed by atoms with Crippen LogP contribution in [0.1, 0.15) is 37.7 Å². The third-order valence-corrected chi connectivity index (χ3v) is 6.38. The lowest BCUT2D eigenvalue weighted by Crippen LogP contribution is -2.48. The Morgan fingerprint density at radius 1 is 0.966 bits per heavy atom. The largest absolute Gasteiger partial charge is 0.480 e. The number of benzene rings is 2. The Labute approximate surface area is 171 Å². The lowest BCUT2D eigenvalue weighted by molar-refractivity contribution is -0.143. The van der Waals surface area contributed by atoms with E-state index in [9.17, 15) is 14.7 Å². The molecule has 3 atom stereocenters. The standard InChI is InChI=1S/C24H28N2O3/c27-23(17-26-21-14-8-7-11-19(21)15-22(26)24(28)29)25(20-12-5-2-6-13-20)16-18-9-3-1-4-10-18/h1-6,9-10,12-13,19,21-22H,7-8,11,14-17H2,(H,28,29). The maximum atomic E-state index is 13.4. The molecule has 0 bridgehead atoms. The molecule has 152 valence electrons. The predicted octanol–water partition coefficient (Wildman–Crippen LogP) is 3.94. The molecule has 2 fully saturated rings. The monoisotopic (exact) mass is 392 g/mol. The number of carboxylic acid groups (broad SMARTS) is 1. The number of nitrogens with zero attached hydrogens (tertiary/aromatic N) is 2. The summed E-state index contributed by atoms with van der Waals surface area (Å²) in [5, 5.41) is 9.77. The van der Waals surface area contributed by atoms with Gasteiger partial charge in [0.25, 0.3) is 0 Å². The molecule has 0 aromatic heterocycles. The van der Waals surface area contributed by atoms with Crippen LogP contribution in [0.4, 0.5) is 5.69 Å². The van der Waals surface area contributed by atoms with Gasteiger partial charge < -0.3 is 10.0 Å². The third kappa shape index (κ3) is 4.35. The van der Waals surface area contributed by atoms with Crippen LogP contribution in [0.5, 0.6) is 0 Å². The number of anilines is 1. The number of carbonyl (C=O) groups excluding carboxylic acids is 1. The molecule has 29 heavy (non-hydrogen) atoms. The molecule has 1 aliphatic carbocycles. The summed E-state index contributed by atoms with van der Waals surface area (Å²) >= 11 is 0. The number of amides is 1. The SMILES string of the molecule is O=C(O)C1CC2CCCCC2N1CC(=O)N(Cc1ccccc1)c1ccccc1. The number of aliphatic carboxylic acids is 1. The van der Waals surface area contributed by atoms with Gasteiger partial charge in [0, 0.05) is 11.7 Å². The van der Waals surface area contributed by atoms with Gasteiger partial charge in [-0.3, -0.25) is 14.5 Å². The lowest BCUT2D eigenvalue weighted by atomic mass is 9.85. The van der Waals surface area contributed by atoms with E-state index >= 15 is 0 Å². The van der Waals surface area contributed by atoms with Crippen LogP contribution in [0, 0.1) is 5.92 Å². The van der Waals surface area contributed by atoms with Crippen molar-refractivity contribution in [3.8, 4) is 0 Å². The summed E-state index contributed by atoms with van der Waals surface area (Å²) in [5.74, 6) is -0.448. The van der Waals surface area contributed by atoms with E-state index in [2.05, 4.69) is 0 Å². The lowest BCUT2D eigenvalue weighted by Gasteiger charge is -2.34. The first kappa shape index (κ1) is 19.6. The molecule has 0 radical (unpaired) electrons. The fraction of sp³-hybridized carbons (Fsp3) is 0.417. The summed E-state index contributed by atoms with van der Waals surface area (Å²) in [4.78, 5) is 29.1. The number of likely N-dealkylation sites (tertiary alicyclic amines) is 1. The topological polar surface area (TPSA) is 60.9 Å². The van der Waals surface area contributed by atoms with Crippen LogP contribution in [0.3, 0.4) is 0 Å². The Morgan fingerprint density at radius 3 is 2.31 bits per heavy atom. The van der Waals surface area contributed by atoms with Crippen molar-refractivity contribution in [1.82, 2.24) is 4.90 Å². The Kier molecular flexibility index (Phi) is 5.95. The van der Waals surface area contributed by atoms with Crippen molar-refractivity contribution >= 4 is 17.6 Å². The second-order valence-electron chi connectivity index (χ2n) is 8.17. The van der Waals surface area contributed by atoms with E-state index in [0.717, 1.165) is 30.5 Å². The van der Waals surface area contributed by atoms with E-state index < -0.39 is 12.0 Å². The average molecular weight is 392 g/mol. The zero-order valence-electron chi connectivity index (χ0n) is 16.6. The van der Waals surface area contributed by atoms with Crippen molar-refractivity contribution in [2.24, 2.45) is 5.92 Å². The van der Waals surface area contributed by atoms with Gasteiger partial charge >= 0.3 is 5.97 Å². The van der Waals surface area contributed by atoms with Crippen LogP contribution in [0.15, 0.2) is 60.7 Å². The van der Waals surface area contributed by atoms with E-state index in [1.807, 2.05) is 65.6 Å². The Hall–Kier alpha value is -2.66. The number of carboxylic acids is 1. The smallest absolute Gasteiger partial charge is 0.320 e. The minimum Gasteiger partial charge on any atom is -0.480 e. The molecule has 2 aromatic rings. The summed E-state index contributed by atoms with van der Waals surface area (Å²) in [6.07, 6.45) is 5.01. The zero-order valence-corrected chi connectivity index (χ0v) is 16.6. The van der Waals surface area contributed by atoms with E-state index in [1.165, 1.54) is 6.42 Å². The number of fused-ring (bicyclic) bond motifs is 1. The van der Waals surface area contributed by atoms with Crippen molar-refractivity contribution in [1.29, 1.82) is 0 Å². The van der Waals surface area contributed by atoms with Crippen LogP contribution in [0.25, 0.3) is 0 Å². The molecule has 1 saturated heterocycles. The van der Waals surface area contributed by atoms with Crippen molar-refractivity contribution < 1.29 is 14.7 Å². The van der Waals surface area contributed by atoms with Crippen LogP contribution >= 0.6 is 0 Å². The molecular weight excluding hydrogens is 364 g/mol. The summed E-state index contributed by atoms with van der Waals surface area (Å²) in [7, 11) is 0. The molecule has 1 amide bonds. The van der Waals surface area contributed by atoms with Gasteiger partial charge in [-0.1, -0.05) is 61.4 Å². The maximum absolute atomic E-state index is 13.4. The van der Waals surface area contributed by atoms with Gasteiger partial charge in [-0.2, -0.15) is 0 Å². The van der Waals surface area contributed by atoms with Gasteiger partial charge in [0.05, 0.1) is 13.1 Å². The van der Waals surface area contributed by atoms with Gasteiger partial charge in [-0.15, -0.1) is 0 Å². The normalized spacial score (nSPS) is 24.1. The molecule has 1 N–H and O–H groups in total. The summed E-state index contributed by atoms with van der Waals surface area (Å²) in [5.41, 5.74) is 1.89. The predicted molar refractivity (Wildman–Crippen MR) is 113 cm³/mol. The molecular formula is C24H28N2O3. The molecule has 5 heteroatoms. The molecule has 1 heterocycles. The summed E-state index contributed by atoms with van der Waals surface area (Å²) in [6.45, 7) is 0.628. The molecule has 2 aliphatic rings. The van der Waals surface area contributed by atoms with Crippen molar-refractivity contribution in [2.45, 2.75) is 50.7 Å². The van der Waals surface area contributed by atoms with E-state index in [1.54, 1.807) is 4.90 Å². The second-order valence-corrected chi connectivity index (χ2v) is 8.17. The van der Waals surface area contributed by atoms with Gasteiger partial charge in [0.15, 0.2) is 0 Å². The van der Waals surface area contributed by atoms with Crippen LogP contribution in [-0.4, -0.2) is 40.5 Å². The van der Waals surface area contributed by atoms with Crippen molar-refractivity contribution in [2.75, 3.05) is 11.4 Å². The van der Waals surface area contributed by atoms with Crippen molar-refractivity contribution in [3.05, 3.63) is 66.2 Å². The number of hydrogen-bond donors (Lipinski definition) is 1. The highest BCUT2D eigenvalue weighted by atomic mass is 16.4. The maximum Gasteiger partial charge on any atom is 0.320 e. The van der Waals surface area contributed by atoms with Crippen molar-refractivity contribution in [3.63, 3.8) is 0 Å². The Bertz CT molecular complexity index is 840. The number of carbonyl (C=O) groups is 2. The van der Waals surface area contributed by atoms with Crippen LogP contribution in [0.2, 0.25) is 0 Å².